The molecule has 0 radical (unpaired) electrons. The van der Waals surface area contributed by atoms with Gasteiger partial charge < -0.3 is 15.0 Å². The Labute approximate surface area is 122 Å². The van der Waals surface area contributed by atoms with Gasteiger partial charge in [-0.3, -0.25) is 9.69 Å². The highest BCUT2D eigenvalue weighted by atomic mass is 16.5. The van der Waals surface area contributed by atoms with E-state index in [2.05, 4.69) is 37.9 Å². The summed E-state index contributed by atoms with van der Waals surface area (Å²) in [4.78, 5) is 16.8. The van der Waals surface area contributed by atoms with E-state index in [1.165, 1.54) is 0 Å². The fourth-order valence-electron chi connectivity index (χ4n) is 3.32. The van der Waals surface area contributed by atoms with Crippen molar-refractivity contribution >= 4 is 5.91 Å². The van der Waals surface area contributed by atoms with Crippen LogP contribution in [0.5, 0.6) is 0 Å². The number of hydrogen-bond acceptors (Lipinski definition) is 4. The van der Waals surface area contributed by atoms with Crippen LogP contribution in [-0.2, 0) is 9.53 Å². The zero-order valence-corrected chi connectivity index (χ0v) is 13.4. The van der Waals surface area contributed by atoms with E-state index in [0.717, 1.165) is 32.6 Å². The lowest BCUT2D eigenvalue weighted by Gasteiger charge is -2.47. The molecule has 2 heterocycles. The van der Waals surface area contributed by atoms with Gasteiger partial charge in [-0.2, -0.15) is 0 Å². The number of amides is 1. The van der Waals surface area contributed by atoms with E-state index in [9.17, 15) is 4.79 Å². The average molecular weight is 283 g/mol. The van der Waals surface area contributed by atoms with Crippen LogP contribution in [0, 0.1) is 0 Å². The molecule has 0 aliphatic carbocycles. The third-order valence-corrected chi connectivity index (χ3v) is 3.84. The molecule has 0 aromatic rings. The van der Waals surface area contributed by atoms with Gasteiger partial charge in [0.2, 0.25) is 5.91 Å². The first-order valence-corrected chi connectivity index (χ1v) is 7.68. The summed E-state index contributed by atoms with van der Waals surface area (Å²) in [5, 5.41) is 3.37. The van der Waals surface area contributed by atoms with Crippen LogP contribution < -0.4 is 5.32 Å². The largest absolute Gasteiger partial charge is 0.366 e. The van der Waals surface area contributed by atoms with Gasteiger partial charge in [0, 0.05) is 26.2 Å². The lowest BCUT2D eigenvalue weighted by molar-refractivity contribution is -0.188. The number of ether oxygens (including phenoxy) is 1. The highest BCUT2D eigenvalue weighted by molar-refractivity contribution is 5.78. The highest BCUT2D eigenvalue weighted by Crippen LogP contribution is 2.28. The maximum atomic E-state index is 12.6. The molecular formula is C15H29N3O2. The first-order chi connectivity index (χ1) is 9.27. The Morgan fingerprint density at radius 1 is 1.10 bits per heavy atom. The maximum Gasteiger partial charge on any atom is 0.236 e. The lowest BCUT2D eigenvalue weighted by atomic mass is 9.99. The smallest absolute Gasteiger partial charge is 0.236 e. The van der Waals surface area contributed by atoms with E-state index >= 15 is 0 Å². The summed E-state index contributed by atoms with van der Waals surface area (Å²) in [6, 6.07) is 0. The van der Waals surface area contributed by atoms with Crippen LogP contribution in [0.1, 0.15) is 34.1 Å². The Balaban J connectivity index is 1.94. The molecule has 1 amide bonds. The van der Waals surface area contributed by atoms with E-state index in [-0.39, 0.29) is 17.1 Å². The molecule has 0 unspecified atom stereocenters. The minimum atomic E-state index is -0.266. The van der Waals surface area contributed by atoms with Gasteiger partial charge >= 0.3 is 0 Å². The van der Waals surface area contributed by atoms with Gasteiger partial charge in [-0.25, -0.2) is 0 Å². The summed E-state index contributed by atoms with van der Waals surface area (Å²) < 4.78 is 6.03. The van der Waals surface area contributed by atoms with E-state index in [0.29, 0.717) is 19.6 Å². The molecule has 0 aromatic carbocycles. The normalized spacial score (nSPS) is 27.1. The third-order valence-electron chi connectivity index (χ3n) is 3.84. The molecule has 0 aromatic heterocycles. The second-order valence-corrected chi connectivity index (χ2v) is 7.25. The Bertz CT molecular complexity index is 331. The molecule has 0 spiro atoms. The summed E-state index contributed by atoms with van der Waals surface area (Å²) in [6.45, 7) is 14.1. The number of morpholine rings is 1. The van der Waals surface area contributed by atoms with Crippen LogP contribution in [0.25, 0.3) is 0 Å². The zero-order valence-electron chi connectivity index (χ0n) is 13.4. The van der Waals surface area contributed by atoms with E-state index in [4.69, 9.17) is 4.74 Å². The molecule has 5 nitrogen and oxygen atoms in total. The molecule has 2 aliphatic rings. The Kier molecular flexibility index (Phi) is 4.72. The molecule has 2 fully saturated rings. The predicted octanol–water partition coefficient (Wildman–Crippen LogP) is 0.698. The Morgan fingerprint density at radius 2 is 1.75 bits per heavy atom. The molecule has 116 valence electrons. The predicted molar refractivity (Wildman–Crippen MR) is 79.7 cm³/mol. The minimum absolute atomic E-state index is 0.233. The molecule has 2 saturated heterocycles. The average Bonchev–Trinajstić information content (AvgIpc) is 2.53. The van der Waals surface area contributed by atoms with Gasteiger partial charge in [0.15, 0.2) is 0 Å². The van der Waals surface area contributed by atoms with Gasteiger partial charge in [-0.1, -0.05) is 0 Å². The molecular weight excluding hydrogens is 254 g/mol. The summed E-state index contributed by atoms with van der Waals surface area (Å²) in [5.41, 5.74) is -0.532. The van der Waals surface area contributed by atoms with Gasteiger partial charge in [-0.05, 0) is 47.2 Å². The van der Waals surface area contributed by atoms with E-state index in [1.54, 1.807) is 0 Å². The van der Waals surface area contributed by atoms with Gasteiger partial charge in [-0.15, -0.1) is 0 Å². The van der Waals surface area contributed by atoms with Crippen LogP contribution >= 0.6 is 0 Å². The SMILES string of the molecule is CC1(C)CN(C(=O)CN2CCCNCC2)CC(C)(C)O1. The van der Waals surface area contributed by atoms with E-state index < -0.39 is 0 Å². The zero-order chi connectivity index (χ0) is 14.8. The second-order valence-electron chi connectivity index (χ2n) is 7.25. The van der Waals surface area contributed by atoms with Crippen molar-refractivity contribution in [1.82, 2.24) is 15.1 Å². The number of hydrogen-bond donors (Lipinski definition) is 1. The number of rotatable bonds is 2. The van der Waals surface area contributed by atoms with Gasteiger partial charge in [0.1, 0.15) is 0 Å². The number of carbonyl (C=O) groups excluding carboxylic acids is 1. The fourth-order valence-corrected chi connectivity index (χ4v) is 3.32. The molecule has 2 rings (SSSR count). The molecule has 1 N–H and O–H groups in total. The van der Waals surface area contributed by atoms with Crippen molar-refractivity contribution in [3.63, 3.8) is 0 Å². The first-order valence-electron chi connectivity index (χ1n) is 7.68. The van der Waals surface area contributed by atoms with Crippen molar-refractivity contribution in [2.75, 3.05) is 45.8 Å². The number of nitrogens with zero attached hydrogens (tertiary/aromatic N) is 2. The molecule has 2 aliphatic heterocycles. The van der Waals surface area contributed by atoms with Crippen molar-refractivity contribution < 1.29 is 9.53 Å². The Hall–Kier alpha value is -0.650. The van der Waals surface area contributed by atoms with Crippen molar-refractivity contribution in [2.24, 2.45) is 0 Å². The molecule has 0 atom stereocenters. The lowest BCUT2D eigenvalue weighted by Crippen LogP contribution is -2.60. The van der Waals surface area contributed by atoms with Crippen molar-refractivity contribution in [2.45, 2.75) is 45.3 Å². The standard InChI is InChI=1S/C15H29N3O2/c1-14(2)11-18(12-15(3,4)20-14)13(19)10-17-8-5-6-16-7-9-17/h16H,5-12H2,1-4H3. The van der Waals surface area contributed by atoms with Crippen molar-refractivity contribution in [3.8, 4) is 0 Å². The van der Waals surface area contributed by atoms with Gasteiger partial charge in [0.05, 0.1) is 17.7 Å². The summed E-state index contributed by atoms with van der Waals surface area (Å²) in [6.07, 6.45) is 1.12. The summed E-state index contributed by atoms with van der Waals surface area (Å²) >= 11 is 0. The number of nitrogens with one attached hydrogen (secondary N) is 1. The van der Waals surface area contributed by atoms with Gasteiger partial charge in [0.25, 0.3) is 0 Å². The first kappa shape index (κ1) is 15.7. The third kappa shape index (κ3) is 4.43. The highest BCUT2D eigenvalue weighted by Gasteiger charge is 2.40. The fraction of sp³-hybridized carbons (Fsp3) is 0.933. The molecule has 0 bridgehead atoms. The maximum absolute atomic E-state index is 12.6. The topological polar surface area (TPSA) is 44.8 Å². The van der Waals surface area contributed by atoms with Crippen molar-refractivity contribution in [1.29, 1.82) is 0 Å². The molecule has 20 heavy (non-hydrogen) atoms. The van der Waals surface area contributed by atoms with Crippen LogP contribution in [0.2, 0.25) is 0 Å². The second kappa shape index (κ2) is 6.00. The summed E-state index contributed by atoms with van der Waals surface area (Å²) in [5.74, 6) is 0.233. The monoisotopic (exact) mass is 283 g/mol. The van der Waals surface area contributed by atoms with Crippen LogP contribution in [-0.4, -0.2) is 72.7 Å². The number of carbonyl (C=O) groups is 1. The van der Waals surface area contributed by atoms with Crippen LogP contribution in [0.4, 0.5) is 0 Å². The van der Waals surface area contributed by atoms with E-state index in [1.807, 2.05) is 4.90 Å². The minimum Gasteiger partial charge on any atom is -0.366 e. The Morgan fingerprint density at radius 3 is 2.40 bits per heavy atom. The molecule has 5 heteroatoms. The van der Waals surface area contributed by atoms with Crippen LogP contribution in [0.3, 0.4) is 0 Å². The molecule has 0 saturated carbocycles. The van der Waals surface area contributed by atoms with Crippen LogP contribution in [0.15, 0.2) is 0 Å². The quantitative estimate of drug-likeness (QED) is 0.810. The van der Waals surface area contributed by atoms with Crippen molar-refractivity contribution in [3.05, 3.63) is 0 Å². The summed E-state index contributed by atoms with van der Waals surface area (Å²) in [7, 11) is 0.